The summed E-state index contributed by atoms with van der Waals surface area (Å²) in [4.78, 5) is 36.9. The number of nitrogens with zero attached hydrogens (tertiary/aromatic N) is 5. The van der Waals surface area contributed by atoms with Crippen molar-refractivity contribution in [3.63, 3.8) is 0 Å². The second-order valence-corrected chi connectivity index (χ2v) is 9.00. The summed E-state index contributed by atoms with van der Waals surface area (Å²) in [6.45, 7) is 7.30. The number of aromatic nitrogens is 2. The molecule has 2 unspecified atom stereocenters. The number of carbonyl (C=O) groups excluding carboxylic acids is 2. The van der Waals surface area contributed by atoms with E-state index in [0.717, 1.165) is 43.9 Å². The van der Waals surface area contributed by atoms with Crippen molar-refractivity contribution in [2.75, 3.05) is 51.7 Å². The van der Waals surface area contributed by atoms with E-state index in [1.54, 1.807) is 34.6 Å². The lowest BCUT2D eigenvalue weighted by Crippen LogP contribution is -2.46. The largest absolute Gasteiger partial charge is 0.443 e. The Labute approximate surface area is 210 Å². The number of hydrogen-bond acceptors (Lipinski definition) is 8. The highest BCUT2D eigenvalue weighted by molar-refractivity contribution is 6.18. The molecule has 3 saturated heterocycles. The summed E-state index contributed by atoms with van der Waals surface area (Å²) in [6, 6.07) is 7.61. The Hall–Kier alpha value is -2.95. The summed E-state index contributed by atoms with van der Waals surface area (Å²) < 4.78 is 10.5. The Kier molecular flexibility index (Phi) is 9.10. The molecule has 0 bridgehead atoms. The number of ether oxygens (including phenoxy) is 2. The molecule has 0 saturated carbocycles. The minimum atomic E-state index is -0.294. The van der Waals surface area contributed by atoms with Crippen molar-refractivity contribution in [3.05, 3.63) is 60.2 Å². The first-order valence-electron chi connectivity index (χ1n) is 11.8. The Bertz CT molecular complexity index is 948. The van der Waals surface area contributed by atoms with Gasteiger partial charge in [0.05, 0.1) is 19.0 Å². The zero-order valence-corrected chi connectivity index (χ0v) is 20.3. The number of hydrogen-bond donors (Lipinski definition) is 1. The van der Waals surface area contributed by atoms with Crippen molar-refractivity contribution in [2.45, 2.75) is 25.3 Å². The summed E-state index contributed by atoms with van der Waals surface area (Å²) in [5, 5.41) is 3.32. The number of amides is 2. The van der Waals surface area contributed by atoms with Gasteiger partial charge in [0.25, 0.3) is 0 Å². The molecule has 188 valence electrons. The number of alkyl halides is 1. The van der Waals surface area contributed by atoms with Crippen LogP contribution < -0.4 is 5.32 Å². The monoisotopic (exact) mass is 502 g/mol. The molecule has 3 aliphatic heterocycles. The average Bonchev–Trinajstić information content (AvgIpc) is 3.42. The third-order valence-corrected chi connectivity index (χ3v) is 6.33. The van der Waals surface area contributed by atoms with Gasteiger partial charge in [0, 0.05) is 70.6 Å². The van der Waals surface area contributed by atoms with Crippen molar-refractivity contribution in [1.82, 2.24) is 30.0 Å². The van der Waals surface area contributed by atoms with Crippen molar-refractivity contribution in [2.24, 2.45) is 0 Å². The van der Waals surface area contributed by atoms with Crippen molar-refractivity contribution < 1.29 is 19.1 Å². The molecule has 1 N–H and O–H groups in total. The van der Waals surface area contributed by atoms with Crippen LogP contribution in [0.3, 0.4) is 0 Å². The second-order valence-electron chi connectivity index (χ2n) is 8.69. The fourth-order valence-electron chi connectivity index (χ4n) is 4.18. The predicted octanol–water partition coefficient (Wildman–Crippen LogP) is 1.95. The molecule has 2 amide bonds. The number of carbonyl (C=O) groups is 2. The molecule has 2 atom stereocenters. The zero-order chi connectivity index (χ0) is 24.5. The Morgan fingerprint density at radius 1 is 0.829 bits per heavy atom. The van der Waals surface area contributed by atoms with E-state index >= 15 is 0 Å². The Balaban J connectivity index is 0.000000172. The van der Waals surface area contributed by atoms with Gasteiger partial charge in [-0.2, -0.15) is 0 Å². The highest BCUT2D eigenvalue weighted by Crippen LogP contribution is 2.17. The first kappa shape index (κ1) is 25.2. The minimum Gasteiger partial charge on any atom is -0.443 e. The Morgan fingerprint density at radius 3 is 1.80 bits per heavy atom. The van der Waals surface area contributed by atoms with Crippen LogP contribution in [0.15, 0.2) is 49.1 Å². The molecular formula is C24H31ClN6O4. The fraction of sp³-hybridized carbons (Fsp3) is 0.500. The molecule has 0 radical (unpaired) electrons. The van der Waals surface area contributed by atoms with E-state index in [1.807, 2.05) is 24.3 Å². The van der Waals surface area contributed by atoms with Gasteiger partial charge in [0.15, 0.2) is 0 Å². The third kappa shape index (κ3) is 7.51. The summed E-state index contributed by atoms with van der Waals surface area (Å²) in [5.41, 5.74) is 2.12. The van der Waals surface area contributed by atoms with E-state index in [-0.39, 0.29) is 24.4 Å². The van der Waals surface area contributed by atoms with Crippen LogP contribution in [0.4, 0.5) is 9.59 Å². The number of pyridine rings is 2. The number of cyclic esters (lactones) is 2. The molecule has 11 heteroatoms. The smallest absolute Gasteiger partial charge is 0.410 e. The number of nitrogens with one attached hydrogen (secondary N) is 1. The van der Waals surface area contributed by atoms with Gasteiger partial charge >= 0.3 is 12.2 Å². The molecule has 0 aromatic carbocycles. The van der Waals surface area contributed by atoms with Gasteiger partial charge in [-0.15, -0.1) is 11.6 Å². The average molecular weight is 503 g/mol. The van der Waals surface area contributed by atoms with E-state index in [0.29, 0.717) is 32.1 Å². The number of rotatable bonds is 7. The summed E-state index contributed by atoms with van der Waals surface area (Å²) in [7, 11) is 0. The molecule has 3 fully saturated rings. The summed E-state index contributed by atoms with van der Waals surface area (Å²) >= 11 is 5.63. The van der Waals surface area contributed by atoms with Crippen molar-refractivity contribution in [3.8, 4) is 0 Å². The summed E-state index contributed by atoms with van der Waals surface area (Å²) in [6.07, 6.45) is 6.21. The van der Waals surface area contributed by atoms with Crippen LogP contribution in [0.5, 0.6) is 0 Å². The van der Waals surface area contributed by atoms with Crippen LogP contribution in [0.1, 0.15) is 11.1 Å². The van der Waals surface area contributed by atoms with Crippen LogP contribution in [-0.4, -0.2) is 101 Å². The number of halogens is 1. The quantitative estimate of drug-likeness (QED) is 0.573. The van der Waals surface area contributed by atoms with E-state index in [1.165, 1.54) is 0 Å². The molecule has 3 aliphatic rings. The van der Waals surface area contributed by atoms with Crippen LogP contribution in [0.2, 0.25) is 0 Å². The van der Waals surface area contributed by atoms with E-state index in [2.05, 4.69) is 20.2 Å². The van der Waals surface area contributed by atoms with Gasteiger partial charge in [-0.05, 0) is 35.4 Å². The molecular weight excluding hydrogens is 472 g/mol. The molecule has 2 aromatic rings. The van der Waals surface area contributed by atoms with Crippen LogP contribution in [0, 0.1) is 0 Å². The standard InChI is InChI=1S/C14H20N4O2.C10H11ClN2O2/c19-14-18(9-12-1-3-15-4-2-12)11-13(20-14)10-17-7-5-16-6-8-17;11-5-9-7-13(10(14)15-9)6-8-1-3-12-4-2-8/h1-4,13,16H,5-11H2;1-4,9H,5-7H2. The zero-order valence-electron chi connectivity index (χ0n) is 19.6. The van der Waals surface area contributed by atoms with Crippen LogP contribution in [-0.2, 0) is 22.6 Å². The molecule has 5 heterocycles. The lowest BCUT2D eigenvalue weighted by Gasteiger charge is -2.28. The van der Waals surface area contributed by atoms with Gasteiger partial charge in [-0.3, -0.25) is 14.9 Å². The molecule has 0 aliphatic carbocycles. The third-order valence-electron chi connectivity index (χ3n) is 5.99. The van der Waals surface area contributed by atoms with Crippen LogP contribution >= 0.6 is 11.6 Å². The topological polar surface area (TPSA) is 100 Å². The first-order valence-corrected chi connectivity index (χ1v) is 12.3. The lowest BCUT2D eigenvalue weighted by atomic mass is 10.2. The van der Waals surface area contributed by atoms with Gasteiger partial charge < -0.3 is 24.6 Å². The second kappa shape index (κ2) is 12.7. The fourth-order valence-corrected chi connectivity index (χ4v) is 4.34. The molecule has 10 nitrogen and oxygen atoms in total. The van der Waals surface area contributed by atoms with Gasteiger partial charge in [-0.1, -0.05) is 0 Å². The lowest BCUT2D eigenvalue weighted by molar-refractivity contribution is 0.101. The van der Waals surface area contributed by atoms with E-state index < -0.39 is 0 Å². The maximum atomic E-state index is 11.9. The first-order chi connectivity index (χ1) is 17.1. The molecule has 35 heavy (non-hydrogen) atoms. The number of piperazine rings is 1. The maximum Gasteiger partial charge on any atom is 0.410 e. The van der Waals surface area contributed by atoms with E-state index in [4.69, 9.17) is 21.1 Å². The van der Waals surface area contributed by atoms with Gasteiger partial charge in [0.1, 0.15) is 12.2 Å². The van der Waals surface area contributed by atoms with Crippen molar-refractivity contribution in [1.29, 1.82) is 0 Å². The molecule has 0 spiro atoms. The normalized spacial score (nSPS) is 22.4. The summed E-state index contributed by atoms with van der Waals surface area (Å²) in [5.74, 6) is 0.346. The maximum absolute atomic E-state index is 11.9. The van der Waals surface area contributed by atoms with Gasteiger partial charge in [0.2, 0.25) is 0 Å². The highest BCUT2D eigenvalue weighted by Gasteiger charge is 2.32. The van der Waals surface area contributed by atoms with Crippen LogP contribution in [0.25, 0.3) is 0 Å². The molecule has 5 rings (SSSR count). The minimum absolute atomic E-state index is 0.0116. The SMILES string of the molecule is O=C1OC(CCl)CN1Cc1ccncc1.O=C1OC(CN2CCNCC2)CN1Cc1ccncc1. The Morgan fingerprint density at radius 2 is 1.31 bits per heavy atom. The van der Waals surface area contributed by atoms with Gasteiger partial charge in [-0.25, -0.2) is 9.59 Å². The van der Waals surface area contributed by atoms with Crippen molar-refractivity contribution >= 4 is 23.8 Å². The molecule has 2 aromatic heterocycles. The highest BCUT2D eigenvalue weighted by atomic mass is 35.5. The predicted molar refractivity (Wildman–Crippen MR) is 130 cm³/mol. The van der Waals surface area contributed by atoms with E-state index in [9.17, 15) is 9.59 Å².